The highest BCUT2D eigenvalue weighted by Crippen LogP contribution is 2.27. The van der Waals surface area contributed by atoms with E-state index in [0.717, 1.165) is 12.3 Å². The van der Waals surface area contributed by atoms with Gasteiger partial charge in [0.2, 0.25) is 0 Å². The second-order valence-electron chi connectivity index (χ2n) is 6.72. The minimum atomic E-state index is 0.182. The monoisotopic (exact) mass is 263 g/mol. The molecule has 0 saturated heterocycles. The number of nitrogens with one attached hydrogen (secondary N) is 1. The molecule has 0 saturated carbocycles. The Hall–Kier alpha value is -1.02. The van der Waals surface area contributed by atoms with E-state index >= 15 is 0 Å². The van der Waals surface area contributed by atoms with Crippen molar-refractivity contribution in [3.05, 3.63) is 29.3 Å². The largest absolute Gasteiger partial charge is 0.489 e. The van der Waals surface area contributed by atoms with Crippen LogP contribution in [0.4, 0.5) is 0 Å². The first-order chi connectivity index (χ1) is 8.70. The molecule has 0 aliphatic rings. The third kappa shape index (κ3) is 5.23. The van der Waals surface area contributed by atoms with Crippen LogP contribution < -0.4 is 10.1 Å². The van der Waals surface area contributed by atoms with Crippen molar-refractivity contribution in [3.63, 3.8) is 0 Å². The van der Waals surface area contributed by atoms with Gasteiger partial charge in [-0.1, -0.05) is 46.8 Å². The van der Waals surface area contributed by atoms with Gasteiger partial charge < -0.3 is 10.1 Å². The van der Waals surface area contributed by atoms with Crippen molar-refractivity contribution >= 4 is 0 Å². The van der Waals surface area contributed by atoms with Crippen LogP contribution in [-0.4, -0.2) is 18.7 Å². The van der Waals surface area contributed by atoms with Gasteiger partial charge in [-0.2, -0.15) is 0 Å². The molecular weight excluding hydrogens is 234 g/mol. The number of rotatable bonds is 5. The minimum Gasteiger partial charge on any atom is -0.489 e. The Morgan fingerprint density at radius 3 is 2.26 bits per heavy atom. The topological polar surface area (TPSA) is 21.3 Å². The highest BCUT2D eigenvalue weighted by Gasteiger charge is 2.15. The molecule has 0 heterocycles. The van der Waals surface area contributed by atoms with Crippen molar-refractivity contribution in [2.45, 2.75) is 66.0 Å². The van der Waals surface area contributed by atoms with Crippen LogP contribution in [0.1, 0.15) is 52.7 Å². The molecule has 0 spiro atoms. The van der Waals surface area contributed by atoms with Gasteiger partial charge in [0.1, 0.15) is 11.9 Å². The second-order valence-corrected chi connectivity index (χ2v) is 6.72. The van der Waals surface area contributed by atoms with Gasteiger partial charge >= 0.3 is 0 Å². The summed E-state index contributed by atoms with van der Waals surface area (Å²) >= 11 is 0. The molecule has 19 heavy (non-hydrogen) atoms. The predicted molar refractivity (Wildman–Crippen MR) is 83.1 cm³/mol. The van der Waals surface area contributed by atoms with E-state index < -0.39 is 0 Å². The molecular formula is C17H29NO. The number of ether oxygens (including phenoxy) is 1. The smallest absolute Gasteiger partial charge is 0.122 e. The van der Waals surface area contributed by atoms with E-state index in [9.17, 15) is 0 Å². The molecule has 108 valence electrons. The highest BCUT2D eigenvalue weighted by molar-refractivity contribution is 5.38. The second kappa shape index (κ2) is 6.42. The van der Waals surface area contributed by atoms with E-state index in [0.29, 0.717) is 6.04 Å². The van der Waals surface area contributed by atoms with Gasteiger partial charge in [-0.05, 0) is 36.5 Å². The van der Waals surface area contributed by atoms with Crippen LogP contribution >= 0.6 is 0 Å². The summed E-state index contributed by atoms with van der Waals surface area (Å²) < 4.78 is 6.00. The lowest BCUT2D eigenvalue weighted by molar-refractivity contribution is 0.212. The van der Waals surface area contributed by atoms with Crippen LogP contribution in [0.25, 0.3) is 0 Å². The molecule has 0 fully saturated rings. The van der Waals surface area contributed by atoms with E-state index in [-0.39, 0.29) is 11.5 Å². The highest BCUT2D eigenvalue weighted by atomic mass is 16.5. The molecule has 1 atom stereocenters. The molecule has 1 rings (SSSR count). The summed E-state index contributed by atoms with van der Waals surface area (Å²) in [4.78, 5) is 0. The van der Waals surface area contributed by atoms with E-state index in [4.69, 9.17) is 4.74 Å². The molecule has 2 heteroatoms. The molecule has 1 aromatic rings. The number of aryl methyl sites for hydroxylation is 1. The summed E-state index contributed by atoms with van der Waals surface area (Å²) in [6, 6.07) is 7.00. The zero-order valence-corrected chi connectivity index (χ0v) is 13.5. The normalized spacial score (nSPS) is 13.7. The minimum absolute atomic E-state index is 0.182. The molecule has 1 aromatic carbocycles. The van der Waals surface area contributed by atoms with Gasteiger partial charge in [-0.15, -0.1) is 0 Å². The quantitative estimate of drug-likeness (QED) is 0.865. The fraction of sp³-hybridized carbons (Fsp3) is 0.647. The maximum Gasteiger partial charge on any atom is 0.122 e. The maximum atomic E-state index is 6.00. The zero-order valence-electron chi connectivity index (χ0n) is 13.5. The summed E-state index contributed by atoms with van der Waals surface area (Å²) in [5.41, 5.74) is 2.75. The molecule has 0 aliphatic heterocycles. The lowest BCUT2D eigenvalue weighted by Crippen LogP contribution is -2.33. The van der Waals surface area contributed by atoms with Crippen molar-refractivity contribution in [2.24, 2.45) is 0 Å². The molecule has 2 nitrogen and oxygen atoms in total. The Kier molecular flexibility index (Phi) is 5.42. The molecule has 0 bridgehead atoms. The first-order valence-corrected chi connectivity index (χ1v) is 7.21. The summed E-state index contributed by atoms with van der Waals surface area (Å²) in [6.45, 7) is 16.1. The Bertz CT molecular complexity index is 404. The first-order valence-electron chi connectivity index (χ1n) is 7.21. The number of hydrogen-bond donors (Lipinski definition) is 1. The number of benzene rings is 1. The summed E-state index contributed by atoms with van der Waals surface area (Å²) in [6.07, 6.45) is 0.182. The van der Waals surface area contributed by atoms with Crippen LogP contribution in [0.15, 0.2) is 18.2 Å². The lowest BCUT2D eigenvalue weighted by Gasteiger charge is -2.22. The maximum absolute atomic E-state index is 6.00. The van der Waals surface area contributed by atoms with Gasteiger partial charge in [0.25, 0.3) is 0 Å². The molecule has 1 N–H and O–H groups in total. The summed E-state index contributed by atoms with van der Waals surface area (Å²) in [5.74, 6) is 0.992. The SMILES string of the molecule is Cc1cc(C(C)(C)C)ccc1OC(C)CNC(C)C. The Labute approximate surface area is 118 Å². The fourth-order valence-corrected chi connectivity index (χ4v) is 1.91. The van der Waals surface area contributed by atoms with E-state index in [1.165, 1.54) is 11.1 Å². The third-order valence-corrected chi connectivity index (χ3v) is 3.18. The van der Waals surface area contributed by atoms with Crippen LogP contribution in [0.2, 0.25) is 0 Å². The molecule has 0 aromatic heterocycles. The first kappa shape index (κ1) is 16.0. The van der Waals surface area contributed by atoms with Crippen molar-refractivity contribution < 1.29 is 4.74 Å². The van der Waals surface area contributed by atoms with Crippen LogP contribution in [-0.2, 0) is 5.41 Å². The zero-order chi connectivity index (χ0) is 14.6. The standard InChI is InChI=1S/C17H29NO/c1-12(2)18-11-14(4)19-16-9-8-15(10-13(16)3)17(5,6)7/h8-10,12,14,18H,11H2,1-7H3. The fourth-order valence-electron chi connectivity index (χ4n) is 1.91. The van der Waals surface area contributed by atoms with Gasteiger partial charge in [0.05, 0.1) is 0 Å². The molecule has 0 amide bonds. The Morgan fingerprint density at radius 1 is 1.16 bits per heavy atom. The van der Waals surface area contributed by atoms with Crippen molar-refractivity contribution in [1.82, 2.24) is 5.32 Å². The predicted octanol–water partition coefficient (Wildman–Crippen LogP) is 4.06. The van der Waals surface area contributed by atoms with Gasteiger partial charge in [-0.3, -0.25) is 0 Å². The Balaban J connectivity index is 2.70. The lowest BCUT2D eigenvalue weighted by atomic mass is 9.86. The van der Waals surface area contributed by atoms with Crippen LogP contribution in [0.3, 0.4) is 0 Å². The van der Waals surface area contributed by atoms with Crippen molar-refractivity contribution in [1.29, 1.82) is 0 Å². The van der Waals surface area contributed by atoms with E-state index in [1.807, 2.05) is 0 Å². The molecule has 0 aliphatic carbocycles. The Morgan fingerprint density at radius 2 is 1.79 bits per heavy atom. The summed E-state index contributed by atoms with van der Waals surface area (Å²) in [5, 5.41) is 3.40. The van der Waals surface area contributed by atoms with E-state index in [1.54, 1.807) is 0 Å². The summed E-state index contributed by atoms with van der Waals surface area (Å²) in [7, 11) is 0. The average molecular weight is 263 g/mol. The van der Waals surface area contributed by atoms with Crippen LogP contribution in [0.5, 0.6) is 5.75 Å². The number of hydrogen-bond acceptors (Lipinski definition) is 2. The van der Waals surface area contributed by atoms with Crippen LogP contribution in [0, 0.1) is 6.92 Å². The molecule has 0 radical (unpaired) electrons. The molecule has 1 unspecified atom stereocenters. The van der Waals surface area contributed by atoms with Crippen molar-refractivity contribution in [2.75, 3.05) is 6.54 Å². The third-order valence-electron chi connectivity index (χ3n) is 3.18. The van der Waals surface area contributed by atoms with Crippen molar-refractivity contribution in [3.8, 4) is 5.75 Å². The van der Waals surface area contributed by atoms with Gasteiger partial charge in [0.15, 0.2) is 0 Å². The average Bonchev–Trinajstić information content (AvgIpc) is 2.27. The van der Waals surface area contributed by atoms with E-state index in [2.05, 4.69) is 72.0 Å². The van der Waals surface area contributed by atoms with Gasteiger partial charge in [-0.25, -0.2) is 0 Å². The van der Waals surface area contributed by atoms with Gasteiger partial charge in [0, 0.05) is 12.6 Å².